The summed E-state index contributed by atoms with van der Waals surface area (Å²) in [6.45, 7) is 2.79. The van der Waals surface area contributed by atoms with Gasteiger partial charge in [0.25, 0.3) is 0 Å². The van der Waals surface area contributed by atoms with Gasteiger partial charge in [-0.25, -0.2) is 8.78 Å². The lowest BCUT2D eigenvalue weighted by Crippen LogP contribution is -2.33. The monoisotopic (exact) mass is 309 g/mol. The van der Waals surface area contributed by atoms with E-state index < -0.39 is 5.82 Å². The average molecular weight is 310 g/mol. The van der Waals surface area contributed by atoms with Gasteiger partial charge in [-0.2, -0.15) is 0 Å². The first-order chi connectivity index (χ1) is 10.1. The second-order valence-corrected chi connectivity index (χ2v) is 5.38. The van der Waals surface area contributed by atoms with Gasteiger partial charge in [-0.15, -0.1) is 0 Å². The second-order valence-electron chi connectivity index (χ2n) is 5.01. The third-order valence-electron chi connectivity index (χ3n) is 3.36. The van der Waals surface area contributed by atoms with E-state index in [0.29, 0.717) is 12.8 Å². The first-order valence-electron chi connectivity index (χ1n) is 7.01. The largest absolute Gasteiger partial charge is 0.314 e. The number of rotatable bonds is 6. The molecule has 0 aromatic heterocycles. The molecule has 0 aliphatic heterocycles. The van der Waals surface area contributed by atoms with Crippen LogP contribution in [-0.2, 0) is 12.8 Å². The Morgan fingerprint density at radius 1 is 1.10 bits per heavy atom. The number of benzene rings is 2. The Kier molecular flexibility index (Phi) is 5.71. The van der Waals surface area contributed by atoms with Crippen LogP contribution in [0.4, 0.5) is 8.78 Å². The highest BCUT2D eigenvalue weighted by atomic mass is 35.5. The van der Waals surface area contributed by atoms with Gasteiger partial charge in [-0.3, -0.25) is 0 Å². The quantitative estimate of drug-likeness (QED) is 0.835. The maximum atomic E-state index is 13.5. The summed E-state index contributed by atoms with van der Waals surface area (Å²) in [5.74, 6) is -0.651. The summed E-state index contributed by atoms with van der Waals surface area (Å²) in [6, 6.07) is 11.4. The molecule has 21 heavy (non-hydrogen) atoms. The van der Waals surface area contributed by atoms with Crippen molar-refractivity contribution in [3.8, 4) is 0 Å². The number of hydrogen-bond donors (Lipinski definition) is 1. The highest BCUT2D eigenvalue weighted by Gasteiger charge is 2.13. The van der Waals surface area contributed by atoms with Crippen molar-refractivity contribution in [1.82, 2.24) is 5.32 Å². The van der Waals surface area contributed by atoms with Crippen LogP contribution in [0.3, 0.4) is 0 Å². The number of hydrogen-bond acceptors (Lipinski definition) is 1. The molecule has 1 N–H and O–H groups in total. The van der Waals surface area contributed by atoms with E-state index in [1.54, 1.807) is 12.1 Å². The standard InChI is InChI=1S/C17H18ClF2N/c1-2-21-15(10-12-5-3-7-14(19)9-12)11-13-6-4-8-16(20)17(13)18/h3-9,15,21H,2,10-11H2,1H3. The highest BCUT2D eigenvalue weighted by molar-refractivity contribution is 6.31. The minimum atomic E-state index is -0.407. The summed E-state index contributed by atoms with van der Waals surface area (Å²) in [5, 5.41) is 3.51. The van der Waals surface area contributed by atoms with Gasteiger partial charge < -0.3 is 5.32 Å². The molecule has 0 radical (unpaired) electrons. The molecule has 2 aromatic rings. The zero-order valence-corrected chi connectivity index (χ0v) is 12.6. The first kappa shape index (κ1) is 15.9. The SMILES string of the molecule is CCNC(Cc1cccc(F)c1)Cc1cccc(F)c1Cl. The van der Waals surface area contributed by atoms with Crippen LogP contribution >= 0.6 is 11.6 Å². The van der Waals surface area contributed by atoms with Gasteiger partial charge >= 0.3 is 0 Å². The van der Waals surface area contributed by atoms with Gasteiger partial charge in [0.05, 0.1) is 5.02 Å². The van der Waals surface area contributed by atoms with E-state index in [1.807, 2.05) is 19.1 Å². The molecule has 0 aliphatic carbocycles. The van der Waals surface area contributed by atoms with Crippen LogP contribution in [0.1, 0.15) is 18.1 Å². The normalized spacial score (nSPS) is 12.4. The van der Waals surface area contributed by atoms with E-state index in [4.69, 9.17) is 11.6 Å². The molecule has 0 spiro atoms. The van der Waals surface area contributed by atoms with Crippen molar-refractivity contribution in [3.05, 3.63) is 70.2 Å². The number of likely N-dealkylation sites (N-methyl/N-ethyl adjacent to an activating group) is 1. The zero-order chi connectivity index (χ0) is 15.2. The minimum Gasteiger partial charge on any atom is -0.314 e. The zero-order valence-electron chi connectivity index (χ0n) is 11.9. The Labute approximate surface area is 128 Å². The van der Waals surface area contributed by atoms with Crippen molar-refractivity contribution in [2.45, 2.75) is 25.8 Å². The highest BCUT2D eigenvalue weighted by Crippen LogP contribution is 2.22. The molecule has 2 aromatic carbocycles. The molecule has 0 amide bonds. The van der Waals surface area contributed by atoms with Gasteiger partial charge in [-0.1, -0.05) is 42.8 Å². The number of halogens is 3. The van der Waals surface area contributed by atoms with Gasteiger partial charge in [0.2, 0.25) is 0 Å². The fourth-order valence-corrected chi connectivity index (χ4v) is 2.63. The van der Waals surface area contributed by atoms with Gasteiger partial charge in [-0.05, 0) is 48.7 Å². The van der Waals surface area contributed by atoms with Gasteiger partial charge in [0, 0.05) is 6.04 Å². The smallest absolute Gasteiger partial charge is 0.142 e. The minimum absolute atomic E-state index is 0.0797. The summed E-state index contributed by atoms with van der Waals surface area (Å²) in [6.07, 6.45) is 1.26. The molecular formula is C17H18ClF2N. The summed E-state index contributed by atoms with van der Waals surface area (Å²) < 4.78 is 26.7. The van der Waals surface area contributed by atoms with Crippen LogP contribution in [-0.4, -0.2) is 12.6 Å². The molecular weight excluding hydrogens is 292 g/mol. The summed E-state index contributed by atoms with van der Waals surface area (Å²) in [4.78, 5) is 0. The van der Waals surface area contributed by atoms with Crippen molar-refractivity contribution >= 4 is 11.6 Å². The molecule has 0 aliphatic rings. The van der Waals surface area contributed by atoms with E-state index in [2.05, 4.69) is 5.32 Å². The third kappa shape index (κ3) is 4.51. The molecule has 0 bridgehead atoms. The average Bonchev–Trinajstić information content (AvgIpc) is 2.44. The van der Waals surface area contributed by atoms with E-state index in [1.165, 1.54) is 18.2 Å². The van der Waals surface area contributed by atoms with Crippen LogP contribution in [0, 0.1) is 11.6 Å². The van der Waals surface area contributed by atoms with Crippen LogP contribution in [0.5, 0.6) is 0 Å². The fraction of sp³-hybridized carbons (Fsp3) is 0.294. The van der Waals surface area contributed by atoms with Crippen molar-refractivity contribution in [2.24, 2.45) is 0 Å². The molecule has 4 heteroatoms. The molecule has 0 saturated carbocycles. The first-order valence-corrected chi connectivity index (χ1v) is 7.38. The third-order valence-corrected chi connectivity index (χ3v) is 3.79. The Bertz CT molecular complexity index is 601. The molecule has 0 fully saturated rings. The Morgan fingerprint density at radius 3 is 2.57 bits per heavy atom. The molecule has 1 atom stereocenters. The molecule has 0 heterocycles. The van der Waals surface area contributed by atoms with E-state index in [9.17, 15) is 8.78 Å². The molecule has 112 valence electrons. The summed E-state index contributed by atoms with van der Waals surface area (Å²) in [7, 11) is 0. The summed E-state index contributed by atoms with van der Waals surface area (Å²) >= 11 is 6.00. The van der Waals surface area contributed by atoms with Crippen LogP contribution in [0.15, 0.2) is 42.5 Å². The van der Waals surface area contributed by atoms with Crippen LogP contribution < -0.4 is 5.32 Å². The van der Waals surface area contributed by atoms with Gasteiger partial charge in [0.15, 0.2) is 0 Å². The maximum Gasteiger partial charge on any atom is 0.142 e. The van der Waals surface area contributed by atoms with E-state index >= 15 is 0 Å². The maximum absolute atomic E-state index is 13.5. The second kappa shape index (κ2) is 7.53. The Morgan fingerprint density at radius 2 is 1.86 bits per heavy atom. The Balaban J connectivity index is 2.13. The van der Waals surface area contributed by atoms with Crippen molar-refractivity contribution < 1.29 is 8.78 Å². The van der Waals surface area contributed by atoms with Crippen molar-refractivity contribution in [2.75, 3.05) is 6.54 Å². The van der Waals surface area contributed by atoms with E-state index in [0.717, 1.165) is 17.7 Å². The van der Waals surface area contributed by atoms with Crippen molar-refractivity contribution in [3.63, 3.8) is 0 Å². The van der Waals surface area contributed by atoms with Crippen LogP contribution in [0.25, 0.3) is 0 Å². The number of nitrogens with one attached hydrogen (secondary N) is 1. The van der Waals surface area contributed by atoms with Crippen molar-refractivity contribution in [1.29, 1.82) is 0 Å². The Hall–Kier alpha value is -1.45. The lowest BCUT2D eigenvalue weighted by Gasteiger charge is -2.19. The lowest BCUT2D eigenvalue weighted by molar-refractivity contribution is 0.518. The van der Waals surface area contributed by atoms with E-state index in [-0.39, 0.29) is 16.9 Å². The predicted octanol–water partition coefficient (Wildman–Crippen LogP) is 4.38. The summed E-state index contributed by atoms with van der Waals surface area (Å²) in [5.41, 5.74) is 1.67. The molecule has 1 nitrogen and oxygen atoms in total. The lowest BCUT2D eigenvalue weighted by atomic mass is 9.98. The molecule has 2 rings (SSSR count). The topological polar surface area (TPSA) is 12.0 Å². The fourth-order valence-electron chi connectivity index (χ4n) is 2.43. The molecule has 1 unspecified atom stereocenters. The predicted molar refractivity (Wildman–Crippen MR) is 82.7 cm³/mol. The molecule has 0 saturated heterocycles. The van der Waals surface area contributed by atoms with Crippen LogP contribution in [0.2, 0.25) is 5.02 Å². The van der Waals surface area contributed by atoms with Gasteiger partial charge in [0.1, 0.15) is 11.6 Å².